The van der Waals surface area contributed by atoms with Gasteiger partial charge in [-0.1, -0.05) is 29.3 Å². The predicted octanol–water partition coefficient (Wildman–Crippen LogP) is 4.75. The number of urea groups is 1. The summed E-state index contributed by atoms with van der Waals surface area (Å²) in [4.78, 5) is 45.7. The van der Waals surface area contributed by atoms with Crippen LogP contribution in [0.5, 0.6) is 0 Å². The molecule has 0 radical (unpaired) electrons. The highest BCUT2D eigenvalue weighted by molar-refractivity contribution is 6.31. The summed E-state index contributed by atoms with van der Waals surface area (Å²) in [5.41, 5.74) is 1.68. The Morgan fingerprint density at radius 3 is 2.25 bits per heavy atom. The number of halogens is 2. The molecular formula is C23H18Cl2N4O3. The largest absolute Gasteiger partial charge is 0.332 e. The first kappa shape index (κ1) is 21.8. The number of hydrogen-bond donors (Lipinski definition) is 1. The minimum atomic E-state index is -0.967. The third kappa shape index (κ3) is 4.74. The van der Waals surface area contributed by atoms with Gasteiger partial charge in [0.25, 0.3) is 5.91 Å². The molecule has 2 heterocycles. The Balaban J connectivity index is 1.59. The molecule has 1 saturated heterocycles. The number of rotatable bonds is 6. The SMILES string of the molecule is O=C(C[C@H]1C(=O)N(c2ccc(Cl)cc2)C(=O)N1Cc1cccnc1)Nc1ccc(Cl)cc1. The van der Waals surface area contributed by atoms with Crippen molar-refractivity contribution < 1.29 is 14.4 Å². The average Bonchev–Trinajstić information content (AvgIpc) is 3.01. The number of carbonyl (C=O) groups excluding carboxylic acids is 3. The Labute approximate surface area is 194 Å². The van der Waals surface area contributed by atoms with E-state index in [2.05, 4.69) is 10.3 Å². The summed E-state index contributed by atoms with van der Waals surface area (Å²) in [5.74, 6) is -0.875. The van der Waals surface area contributed by atoms with Crippen LogP contribution in [0, 0.1) is 0 Å². The van der Waals surface area contributed by atoms with Crippen LogP contribution in [-0.4, -0.2) is 33.8 Å². The van der Waals surface area contributed by atoms with Crippen molar-refractivity contribution in [2.75, 3.05) is 10.2 Å². The minimum Gasteiger partial charge on any atom is -0.326 e. The molecule has 0 spiro atoms. The molecule has 32 heavy (non-hydrogen) atoms. The lowest BCUT2D eigenvalue weighted by Crippen LogP contribution is -2.37. The fraction of sp³-hybridized carbons (Fsp3) is 0.130. The molecule has 9 heteroatoms. The molecule has 4 amide bonds. The molecule has 4 rings (SSSR count). The highest BCUT2D eigenvalue weighted by Gasteiger charge is 2.46. The third-order valence-electron chi connectivity index (χ3n) is 4.99. The monoisotopic (exact) mass is 468 g/mol. The molecule has 162 valence electrons. The molecule has 1 aliphatic heterocycles. The first-order valence-corrected chi connectivity index (χ1v) is 10.5. The van der Waals surface area contributed by atoms with Crippen molar-refractivity contribution in [3.8, 4) is 0 Å². The van der Waals surface area contributed by atoms with Gasteiger partial charge in [0.2, 0.25) is 5.91 Å². The number of anilines is 2. The van der Waals surface area contributed by atoms with Crippen LogP contribution in [0.25, 0.3) is 0 Å². The van der Waals surface area contributed by atoms with Gasteiger partial charge in [-0.3, -0.25) is 14.6 Å². The lowest BCUT2D eigenvalue weighted by atomic mass is 10.1. The van der Waals surface area contributed by atoms with Crippen LogP contribution < -0.4 is 10.2 Å². The Hall–Kier alpha value is -3.42. The maximum Gasteiger partial charge on any atom is 0.332 e. The molecular weight excluding hydrogens is 451 g/mol. The number of aromatic nitrogens is 1. The average molecular weight is 469 g/mol. The second kappa shape index (κ2) is 9.38. The summed E-state index contributed by atoms with van der Waals surface area (Å²) >= 11 is 11.8. The standard InChI is InChI=1S/C23H18Cl2N4O3/c24-16-3-7-18(8-4-16)27-21(30)12-20-22(31)29(19-9-5-17(25)6-10-19)23(32)28(20)14-15-2-1-11-26-13-15/h1-11,13,20H,12,14H2,(H,27,30)/t20-/m0/s1. The molecule has 0 saturated carbocycles. The molecule has 0 bridgehead atoms. The Kier molecular flexibility index (Phi) is 6.39. The van der Waals surface area contributed by atoms with Crippen LogP contribution in [0.15, 0.2) is 73.1 Å². The van der Waals surface area contributed by atoms with Crippen LogP contribution in [-0.2, 0) is 16.1 Å². The highest BCUT2D eigenvalue weighted by Crippen LogP contribution is 2.29. The van der Waals surface area contributed by atoms with Gasteiger partial charge in [0, 0.05) is 34.7 Å². The normalized spacial score (nSPS) is 15.9. The number of imide groups is 1. The number of pyridine rings is 1. The number of nitrogens with one attached hydrogen (secondary N) is 1. The van der Waals surface area contributed by atoms with Gasteiger partial charge >= 0.3 is 6.03 Å². The Morgan fingerprint density at radius 2 is 1.62 bits per heavy atom. The first-order chi connectivity index (χ1) is 15.4. The molecule has 0 unspecified atom stereocenters. The molecule has 3 aromatic rings. The number of hydrogen-bond acceptors (Lipinski definition) is 4. The third-order valence-corrected chi connectivity index (χ3v) is 5.49. The van der Waals surface area contributed by atoms with Crippen molar-refractivity contribution in [3.05, 3.63) is 88.7 Å². The van der Waals surface area contributed by atoms with Gasteiger partial charge in [0.1, 0.15) is 6.04 Å². The van der Waals surface area contributed by atoms with Gasteiger partial charge in [-0.15, -0.1) is 0 Å². The van der Waals surface area contributed by atoms with Crippen molar-refractivity contribution >= 4 is 52.4 Å². The summed E-state index contributed by atoms with van der Waals surface area (Å²) in [6.07, 6.45) is 3.04. The topological polar surface area (TPSA) is 82.6 Å². The van der Waals surface area contributed by atoms with E-state index in [1.165, 1.54) is 4.90 Å². The predicted molar refractivity (Wildman–Crippen MR) is 123 cm³/mol. The molecule has 1 N–H and O–H groups in total. The second-order valence-corrected chi connectivity index (χ2v) is 8.07. The molecule has 1 aromatic heterocycles. The molecule has 2 aromatic carbocycles. The number of nitrogens with zero attached hydrogens (tertiary/aromatic N) is 3. The molecule has 0 aliphatic carbocycles. The van der Waals surface area contributed by atoms with E-state index in [1.807, 2.05) is 0 Å². The zero-order valence-electron chi connectivity index (χ0n) is 16.7. The van der Waals surface area contributed by atoms with E-state index in [9.17, 15) is 14.4 Å². The van der Waals surface area contributed by atoms with Gasteiger partial charge in [-0.2, -0.15) is 0 Å². The fourth-order valence-electron chi connectivity index (χ4n) is 3.45. The van der Waals surface area contributed by atoms with Gasteiger partial charge in [0.15, 0.2) is 0 Å². The molecule has 7 nitrogen and oxygen atoms in total. The van der Waals surface area contributed by atoms with E-state index in [-0.39, 0.29) is 13.0 Å². The van der Waals surface area contributed by atoms with Gasteiger partial charge in [-0.05, 0) is 60.2 Å². The van der Waals surface area contributed by atoms with Gasteiger partial charge in [-0.25, -0.2) is 9.69 Å². The van der Waals surface area contributed by atoms with Crippen molar-refractivity contribution in [1.82, 2.24) is 9.88 Å². The van der Waals surface area contributed by atoms with E-state index < -0.39 is 23.9 Å². The van der Waals surface area contributed by atoms with Crippen LogP contribution in [0.1, 0.15) is 12.0 Å². The lowest BCUT2D eigenvalue weighted by Gasteiger charge is -2.21. The Bertz CT molecular complexity index is 1140. The number of benzene rings is 2. The quantitative estimate of drug-likeness (QED) is 0.528. The van der Waals surface area contributed by atoms with Gasteiger partial charge < -0.3 is 10.2 Å². The zero-order chi connectivity index (χ0) is 22.7. The van der Waals surface area contributed by atoms with Crippen LogP contribution in [0.4, 0.5) is 16.2 Å². The highest BCUT2D eigenvalue weighted by atomic mass is 35.5. The van der Waals surface area contributed by atoms with Crippen molar-refractivity contribution in [2.24, 2.45) is 0 Å². The van der Waals surface area contributed by atoms with Crippen molar-refractivity contribution in [1.29, 1.82) is 0 Å². The minimum absolute atomic E-state index is 0.140. The summed E-state index contributed by atoms with van der Waals surface area (Å²) in [6.45, 7) is 0.140. The summed E-state index contributed by atoms with van der Waals surface area (Å²) in [7, 11) is 0. The fourth-order valence-corrected chi connectivity index (χ4v) is 3.70. The van der Waals surface area contributed by atoms with E-state index in [0.29, 0.717) is 21.4 Å². The molecule has 1 atom stereocenters. The van der Waals surface area contributed by atoms with E-state index >= 15 is 0 Å². The maximum atomic E-state index is 13.3. The van der Waals surface area contributed by atoms with E-state index in [0.717, 1.165) is 10.5 Å². The van der Waals surface area contributed by atoms with Crippen molar-refractivity contribution in [3.63, 3.8) is 0 Å². The van der Waals surface area contributed by atoms with Crippen molar-refractivity contribution in [2.45, 2.75) is 19.0 Å². The van der Waals surface area contributed by atoms with Crippen LogP contribution >= 0.6 is 23.2 Å². The first-order valence-electron chi connectivity index (χ1n) is 9.77. The van der Waals surface area contributed by atoms with E-state index in [4.69, 9.17) is 23.2 Å². The van der Waals surface area contributed by atoms with Crippen LogP contribution in [0.3, 0.4) is 0 Å². The summed E-state index contributed by atoms with van der Waals surface area (Å²) < 4.78 is 0. The lowest BCUT2D eigenvalue weighted by molar-refractivity contribution is -0.124. The maximum absolute atomic E-state index is 13.3. The van der Waals surface area contributed by atoms with E-state index in [1.54, 1.807) is 73.1 Å². The second-order valence-electron chi connectivity index (χ2n) is 7.20. The summed E-state index contributed by atoms with van der Waals surface area (Å²) in [6, 6.07) is 15.1. The van der Waals surface area contributed by atoms with Gasteiger partial charge in [0.05, 0.1) is 12.1 Å². The smallest absolute Gasteiger partial charge is 0.326 e. The number of carbonyl (C=O) groups is 3. The zero-order valence-corrected chi connectivity index (χ0v) is 18.3. The molecule has 1 fully saturated rings. The molecule has 1 aliphatic rings. The number of amides is 4. The summed E-state index contributed by atoms with van der Waals surface area (Å²) in [5, 5.41) is 3.77. The van der Waals surface area contributed by atoms with Crippen LogP contribution in [0.2, 0.25) is 10.0 Å². The Morgan fingerprint density at radius 1 is 0.969 bits per heavy atom.